The van der Waals surface area contributed by atoms with Gasteiger partial charge in [0.25, 0.3) is 10.2 Å². The summed E-state index contributed by atoms with van der Waals surface area (Å²) in [6, 6.07) is 7.64. The van der Waals surface area contributed by atoms with E-state index in [9.17, 15) is 18.0 Å². The quantitative estimate of drug-likeness (QED) is 0.576. The van der Waals surface area contributed by atoms with Crippen LogP contribution in [0.2, 0.25) is 0 Å². The van der Waals surface area contributed by atoms with Crippen molar-refractivity contribution in [1.29, 1.82) is 0 Å². The van der Waals surface area contributed by atoms with E-state index in [1.165, 1.54) is 8.61 Å². The number of aromatic nitrogens is 2. The number of carbonyl (C=O) groups excluding carboxylic acids is 1. The van der Waals surface area contributed by atoms with Crippen LogP contribution in [0.25, 0.3) is 11.0 Å². The van der Waals surface area contributed by atoms with Gasteiger partial charge in [-0.05, 0) is 32.4 Å². The van der Waals surface area contributed by atoms with Gasteiger partial charge in [-0.2, -0.15) is 17.0 Å². The lowest BCUT2D eigenvalue weighted by molar-refractivity contribution is -0.132. The number of imidazole rings is 1. The van der Waals surface area contributed by atoms with E-state index in [-0.39, 0.29) is 43.3 Å². The molecule has 2 saturated heterocycles. The molecular formula is C23H35N5O5S. The second kappa shape index (κ2) is 10.2. The van der Waals surface area contributed by atoms with E-state index < -0.39 is 10.2 Å². The van der Waals surface area contributed by atoms with Crippen molar-refractivity contribution < 1.29 is 17.9 Å². The Hall–Kier alpha value is -2.21. The lowest BCUT2D eigenvalue weighted by Crippen LogP contribution is -2.57. The minimum atomic E-state index is -3.59. The number of carbonyl (C=O) groups is 1. The molecule has 2 aliphatic rings. The van der Waals surface area contributed by atoms with E-state index in [0.717, 1.165) is 17.5 Å². The standard InChI is InChI=1S/C23H35N5O5S/c1-4-10-27-20-7-5-6-8-21(20)28(23(27)30)11-9-22(29)24-12-14-25(15-13-24)34(31,32)26-16-18(2)33-19(3)17-26/h5-8,18-19H,4,9-17H2,1-3H3. The molecule has 10 nitrogen and oxygen atoms in total. The highest BCUT2D eigenvalue weighted by atomic mass is 32.2. The van der Waals surface area contributed by atoms with Crippen LogP contribution < -0.4 is 5.69 Å². The number of ether oxygens (including phenoxy) is 1. The van der Waals surface area contributed by atoms with E-state index >= 15 is 0 Å². The molecule has 0 radical (unpaired) electrons. The molecule has 3 heterocycles. The summed E-state index contributed by atoms with van der Waals surface area (Å²) < 4.78 is 38.2. The van der Waals surface area contributed by atoms with Crippen LogP contribution in [0.3, 0.4) is 0 Å². The Balaban J connectivity index is 1.37. The van der Waals surface area contributed by atoms with Crippen molar-refractivity contribution in [3.63, 3.8) is 0 Å². The fraction of sp³-hybridized carbons (Fsp3) is 0.652. The number of rotatable bonds is 7. The van der Waals surface area contributed by atoms with E-state index in [1.807, 2.05) is 45.0 Å². The molecule has 2 atom stereocenters. The molecule has 0 aliphatic carbocycles. The maximum Gasteiger partial charge on any atom is 0.329 e. The molecule has 1 aromatic carbocycles. The Morgan fingerprint density at radius 2 is 1.50 bits per heavy atom. The summed E-state index contributed by atoms with van der Waals surface area (Å²) in [5.41, 5.74) is 1.62. The first kappa shape index (κ1) is 24.9. The number of morpholine rings is 1. The van der Waals surface area contributed by atoms with Crippen LogP contribution in [-0.4, -0.2) is 88.4 Å². The first-order valence-corrected chi connectivity index (χ1v) is 13.5. The van der Waals surface area contributed by atoms with Gasteiger partial charge in [-0.25, -0.2) is 4.79 Å². The summed E-state index contributed by atoms with van der Waals surface area (Å²) in [7, 11) is -3.59. The summed E-state index contributed by atoms with van der Waals surface area (Å²) in [4.78, 5) is 27.5. The van der Waals surface area contributed by atoms with Crippen molar-refractivity contribution in [2.24, 2.45) is 0 Å². The van der Waals surface area contributed by atoms with Gasteiger partial charge in [-0.15, -0.1) is 0 Å². The topological polar surface area (TPSA) is 97.1 Å². The number of nitrogens with zero attached hydrogens (tertiary/aromatic N) is 5. The zero-order valence-electron chi connectivity index (χ0n) is 20.2. The molecule has 2 aromatic rings. The lowest BCUT2D eigenvalue weighted by Gasteiger charge is -2.40. The molecule has 1 amide bonds. The summed E-state index contributed by atoms with van der Waals surface area (Å²) in [6.07, 6.45) is 0.759. The SMILES string of the molecule is CCCn1c(=O)n(CCC(=O)N2CCN(S(=O)(=O)N3CC(C)OC(C)C3)CC2)c2ccccc21. The zero-order valence-corrected chi connectivity index (χ0v) is 21.0. The first-order valence-electron chi connectivity index (χ1n) is 12.1. The monoisotopic (exact) mass is 493 g/mol. The molecule has 2 aliphatic heterocycles. The Labute approximate surface area is 200 Å². The first-order chi connectivity index (χ1) is 16.2. The summed E-state index contributed by atoms with van der Waals surface area (Å²) in [6.45, 7) is 8.63. The minimum absolute atomic E-state index is 0.0649. The Bertz CT molecular complexity index is 1170. The van der Waals surface area contributed by atoms with Gasteiger partial charge in [0, 0.05) is 58.8 Å². The molecule has 0 spiro atoms. The average molecular weight is 494 g/mol. The Kier molecular flexibility index (Phi) is 7.46. The van der Waals surface area contributed by atoms with Crippen molar-refractivity contribution in [2.45, 2.75) is 58.9 Å². The fourth-order valence-corrected chi connectivity index (χ4v) is 6.69. The van der Waals surface area contributed by atoms with Gasteiger partial charge in [0.1, 0.15) is 0 Å². The van der Waals surface area contributed by atoms with Crippen LogP contribution in [-0.2, 0) is 32.8 Å². The maximum atomic E-state index is 13.1. The molecule has 0 saturated carbocycles. The van der Waals surface area contributed by atoms with E-state index in [1.54, 1.807) is 14.0 Å². The highest BCUT2D eigenvalue weighted by molar-refractivity contribution is 7.86. The summed E-state index contributed by atoms with van der Waals surface area (Å²) in [5.74, 6) is -0.0649. The van der Waals surface area contributed by atoms with Gasteiger partial charge in [0.2, 0.25) is 5.91 Å². The van der Waals surface area contributed by atoms with E-state index in [4.69, 9.17) is 4.74 Å². The zero-order chi connectivity index (χ0) is 24.5. The van der Waals surface area contributed by atoms with Gasteiger partial charge < -0.3 is 9.64 Å². The third kappa shape index (κ3) is 4.93. The maximum absolute atomic E-state index is 13.1. The minimum Gasteiger partial charge on any atom is -0.373 e. The van der Waals surface area contributed by atoms with Crippen LogP contribution in [0.4, 0.5) is 0 Å². The third-order valence-electron chi connectivity index (χ3n) is 6.55. The molecule has 0 bridgehead atoms. The van der Waals surface area contributed by atoms with Crippen LogP contribution in [0, 0.1) is 0 Å². The molecule has 0 N–H and O–H groups in total. The molecule has 11 heteroatoms. The number of hydrogen-bond acceptors (Lipinski definition) is 5. The second-order valence-corrected chi connectivity index (χ2v) is 11.1. The fourth-order valence-electron chi connectivity index (χ4n) is 4.94. The number of aryl methyl sites for hydroxylation is 2. The van der Waals surface area contributed by atoms with Gasteiger partial charge in [0.15, 0.2) is 0 Å². The van der Waals surface area contributed by atoms with E-state index in [0.29, 0.717) is 39.3 Å². The summed E-state index contributed by atoms with van der Waals surface area (Å²) in [5, 5.41) is 0. The van der Waals surface area contributed by atoms with E-state index in [2.05, 4.69) is 0 Å². The molecule has 4 rings (SSSR count). The number of para-hydroxylation sites is 2. The predicted molar refractivity (Wildman–Crippen MR) is 130 cm³/mol. The van der Waals surface area contributed by atoms with Gasteiger partial charge in [-0.3, -0.25) is 13.9 Å². The van der Waals surface area contributed by atoms with Crippen LogP contribution in [0.1, 0.15) is 33.6 Å². The van der Waals surface area contributed by atoms with Gasteiger partial charge in [0.05, 0.1) is 23.2 Å². The Morgan fingerprint density at radius 3 is 2.06 bits per heavy atom. The number of amides is 1. The van der Waals surface area contributed by atoms with Crippen LogP contribution in [0.15, 0.2) is 29.1 Å². The highest BCUT2D eigenvalue weighted by Gasteiger charge is 2.37. The molecular weight excluding hydrogens is 458 g/mol. The largest absolute Gasteiger partial charge is 0.373 e. The van der Waals surface area contributed by atoms with Crippen molar-refractivity contribution in [2.75, 3.05) is 39.3 Å². The van der Waals surface area contributed by atoms with Crippen molar-refractivity contribution in [3.05, 3.63) is 34.7 Å². The van der Waals surface area contributed by atoms with Crippen molar-refractivity contribution >= 4 is 27.1 Å². The lowest BCUT2D eigenvalue weighted by atomic mass is 10.3. The predicted octanol–water partition coefficient (Wildman–Crippen LogP) is 1.10. The molecule has 2 fully saturated rings. The Morgan fingerprint density at radius 1 is 0.941 bits per heavy atom. The molecule has 1 aromatic heterocycles. The molecule has 188 valence electrons. The summed E-state index contributed by atoms with van der Waals surface area (Å²) >= 11 is 0. The van der Waals surface area contributed by atoms with Gasteiger partial charge >= 0.3 is 5.69 Å². The number of fused-ring (bicyclic) bond motifs is 1. The van der Waals surface area contributed by atoms with Gasteiger partial charge in [-0.1, -0.05) is 19.1 Å². The number of hydrogen-bond donors (Lipinski definition) is 0. The second-order valence-electron chi connectivity index (χ2n) is 9.19. The van der Waals surface area contributed by atoms with Crippen LogP contribution in [0.5, 0.6) is 0 Å². The normalized spacial score (nSPS) is 23.0. The van der Waals surface area contributed by atoms with Crippen molar-refractivity contribution in [3.8, 4) is 0 Å². The highest BCUT2D eigenvalue weighted by Crippen LogP contribution is 2.19. The molecule has 2 unspecified atom stereocenters. The number of benzene rings is 1. The average Bonchev–Trinajstić information content (AvgIpc) is 3.08. The molecule has 34 heavy (non-hydrogen) atoms. The van der Waals surface area contributed by atoms with Crippen LogP contribution >= 0.6 is 0 Å². The third-order valence-corrected chi connectivity index (χ3v) is 8.52. The van der Waals surface area contributed by atoms with Crippen molar-refractivity contribution in [1.82, 2.24) is 22.6 Å². The smallest absolute Gasteiger partial charge is 0.329 e. The number of piperazine rings is 1.